The van der Waals surface area contributed by atoms with Gasteiger partial charge in [0.25, 0.3) is 0 Å². The quantitative estimate of drug-likeness (QED) is 0.509. The smallest absolute Gasteiger partial charge is 0.156 e. The van der Waals surface area contributed by atoms with Gasteiger partial charge in [0.05, 0.1) is 0 Å². The summed E-state index contributed by atoms with van der Waals surface area (Å²) in [6.07, 6.45) is 1.25. The van der Waals surface area contributed by atoms with Gasteiger partial charge in [0.2, 0.25) is 0 Å². The summed E-state index contributed by atoms with van der Waals surface area (Å²) >= 11 is 0. The van der Waals surface area contributed by atoms with Crippen LogP contribution in [0.15, 0.2) is 29.4 Å². The topological polar surface area (TPSA) is 66.7 Å². The fourth-order valence-corrected chi connectivity index (χ4v) is 2.84. The summed E-state index contributed by atoms with van der Waals surface area (Å²) < 4.78 is 36.6. The summed E-state index contributed by atoms with van der Waals surface area (Å²) in [5.74, 6) is -0.609. The van der Waals surface area contributed by atoms with E-state index in [1.807, 2.05) is 0 Å². The largest absolute Gasteiger partial charge is 0.411 e. The van der Waals surface area contributed by atoms with Crippen molar-refractivity contribution in [2.24, 2.45) is 5.16 Å². The van der Waals surface area contributed by atoms with Crippen LogP contribution in [0.5, 0.6) is 0 Å². The van der Waals surface area contributed by atoms with Crippen molar-refractivity contribution in [1.82, 2.24) is 0 Å². The number of nitrogens with zero attached hydrogens (tertiary/aromatic N) is 1. The molecule has 94 valence electrons. The van der Waals surface area contributed by atoms with Crippen LogP contribution in [0.1, 0.15) is 18.9 Å². The molecule has 0 aliphatic rings. The molecule has 0 fully saturated rings. The van der Waals surface area contributed by atoms with Crippen LogP contribution >= 0.6 is 0 Å². The second-order valence-electron chi connectivity index (χ2n) is 3.69. The van der Waals surface area contributed by atoms with Gasteiger partial charge in [-0.15, -0.1) is 0 Å². The second kappa shape index (κ2) is 5.27. The van der Waals surface area contributed by atoms with Gasteiger partial charge in [0.1, 0.15) is 16.8 Å². The van der Waals surface area contributed by atoms with Crippen molar-refractivity contribution in [2.45, 2.75) is 18.6 Å². The van der Waals surface area contributed by atoms with E-state index in [9.17, 15) is 12.8 Å². The first-order valence-electron chi connectivity index (χ1n) is 5.07. The maximum absolute atomic E-state index is 13.5. The Bertz CT molecular complexity index is 525. The van der Waals surface area contributed by atoms with Gasteiger partial charge in [-0.1, -0.05) is 30.3 Å². The third kappa shape index (κ3) is 3.03. The average molecular weight is 259 g/mol. The lowest BCUT2D eigenvalue weighted by atomic mass is 10.1. The fraction of sp³-hybridized carbons (Fsp3) is 0.364. The molecule has 0 unspecified atom stereocenters. The molecule has 6 heteroatoms. The lowest BCUT2D eigenvalue weighted by molar-refractivity contribution is 0.317. The summed E-state index contributed by atoms with van der Waals surface area (Å²) in [5.41, 5.74) is -0.152. The van der Waals surface area contributed by atoms with Gasteiger partial charge in [-0.05, 0) is 12.5 Å². The molecule has 1 aromatic carbocycles. The molecular weight excluding hydrogens is 245 g/mol. The molecule has 17 heavy (non-hydrogen) atoms. The Morgan fingerprint density at radius 1 is 1.47 bits per heavy atom. The maximum atomic E-state index is 13.5. The second-order valence-corrected chi connectivity index (χ2v) is 5.92. The molecule has 1 N–H and O–H groups in total. The molecule has 0 radical (unpaired) electrons. The van der Waals surface area contributed by atoms with Crippen molar-refractivity contribution in [2.75, 3.05) is 6.26 Å². The lowest BCUT2D eigenvalue weighted by Gasteiger charge is -2.15. The van der Waals surface area contributed by atoms with Crippen molar-refractivity contribution in [3.63, 3.8) is 0 Å². The predicted molar refractivity (Wildman–Crippen MR) is 63.6 cm³/mol. The third-order valence-corrected chi connectivity index (χ3v) is 4.04. The van der Waals surface area contributed by atoms with Crippen LogP contribution in [-0.4, -0.2) is 30.8 Å². The molecule has 0 aliphatic heterocycles. The molecule has 0 heterocycles. The Morgan fingerprint density at radius 2 is 2.06 bits per heavy atom. The van der Waals surface area contributed by atoms with Crippen LogP contribution in [0.2, 0.25) is 0 Å². The summed E-state index contributed by atoms with van der Waals surface area (Å²) in [7, 11) is -3.45. The normalized spacial score (nSPS) is 14.6. The Hall–Kier alpha value is -1.43. The first-order valence-corrected chi connectivity index (χ1v) is 7.03. The first kappa shape index (κ1) is 13.6. The molecule has 0 saturated carbocycles. The fourth-order valence-electron chi connectivity index (χ4n) is 1.66. The number of oxime groups is 1. The van der Waals surface area contributed by atoms with Crippen LogP contribution in [0, 0.1) is 5.82 Å². The molecular formula is C11H14FNO3S. The predicted octanol–water partition coefficient (Wildman–Crippen LogP) is 1.83. The zero-order valence-electron chi connectivity index (χ0n) is 9.59. The molecule has 1 atom stereocenters. The van der Waals surface area contributed by atoms with E-state index < -0.39 is 20.9 Å². The van der Waals surface area contributed by atoms with E-state index in [4.69, 9.17) is 5.21 Å². The van der Waals surface area contributed by atoms with Crippen molar-refractivity contribution in [1.29, 1.82) is 0 Å². The minimum atomic E-state index is -3.45. The van der Waals surface area contributed by atoms with Gasteiger partial charge in [0, 0.05) is 11.8 Å². The highest BCUT2D eigenvalue weighted by Crippen LogP contribution is 2.16. The minimum Gasteiger partial charge on any atom is -0.411 e. The maximum Gasteiger partial charge on any atom is 0.156 e. The van der Waals surface area contributed by atoms with Crippen LogP contribution < -0.4 is 0 Å². The van der Waals surface area contributed by atoms with Crippen LogP contribution in [0.3, 0.4) is 0 Å². The van der Waals surface area contributed by atoms with Crippen molar-refractivity contribution in [3.8, 4) is 0 Å². The van der Waals surface area contributed by atoms with Crippen molar-refractivity contribution in [3.05, 3.63) is 35.6 Å². The summed E-state index contributed by atoms with van der Waals surface area (Å²) in [6, 6.07) is 5.61. The zero-order chi connectivity index (χ0) is 13.1. The van der Waals surface area contributed by atoms with Gasteiger partial charge in [0.15, 0.2) is 9.84 Å². The van der Waals surface area contributed by atoms with E-state index in [0.29, 0.717) is 0 Å². The Labute approximate surface area is 99.7 Å². The molecule has 4 nitrogen and oxygen atoms in total. The summed E-state index contributed by atoms with van der Waals surface area (Å²) in [4.78, 5) is 0. The zero-order valence-corrected chi connectivity index (χ0v) is 10.4. The van der Waals surface area contributed by atoms with E-state index in [1.54, 1.807) is 13.0 Å². The molecule has 0 aliphatic carbocycles. The molecule has 0 amide bonds. The van der Waals surface area contributed by atoms with Crippen molar-refractivity contribution < 1.29 is 18.0 Å². The van der Waals surface area contributed by atoms with E-state index in [1.165, 1.54) is 18.2 Å². The van der Waals surface area contributed by atoms with E-state index >= 15 is 0 Å². The average Bonchev–Trinajstić information content (AvgIpc) is 2.25. The highest BCUT2D eigenvalue weighted by atomic mass is 32.2. The third-order valence-electron chi connectivity index (χ3n) is 2.45. The van der Waals surface area contributed by atoms with Crippen LogP contribution in [-0.2, 0) is 9.84 Å². The Balaban J connectivity index is 3.31. The van der Waals surface area contributed by atoms with Crippen LogP contribution in [0.25, 0.3) is 0 Å². The first-order chi connectivity index (χ1) is 7.91. The van der Waals surface area contributed by atoms with Gasteiger partial charge < -0.3 is 5.21 Å². The molecule has 0 saturated heterocycles. The number of hydrogen-bond acceptors (Lipinski definition) is 4. The lowest BCUT2D eigenvalue weighted by Crippen LogP contribution is -2.30. The highest BCUT2D eigenvalue weighted by Gasteiger charge is 2.28. The summed E-state index contributed by atoms with van der Waals surface area (Å²) in [5, 5.41) is 10.9. The Morgan fingerprint density at radius 3 is 2.47 bits per heavy atom. The van der Waals surface area contributed by atoms with Crippen LogP contribution in [0.4, 0.5) is 4.39 Å². The molecule has 1 rings (SSSR count). The van der Waals surface area contributed by atoms with Gasteiger partial charge in [-0.25, -0.2) is 12.8 Å². The van der Waals surface area contributed by atoms with Gasteiger partial charge >= 0.3 is 0 Å². The SMILES string of the molecule is CC[C@@H](/C(=N\O)c1ccccc1F)S(C)(=O)=O. The monoisotopic (exact) mass is 259 g/mol. The number of rotatable bonds is 4. The van der Waals surface area contributed by atoms with Crippen molar-refractivity contribution >= 4 is 15.5 Å². The summed E-state index contributed by atoms with van der Waals surface area (Å²) in [6.45, 7) is 1.64. The van der Waals surface area contributed by atoms with Gasteiger partial charge in [-0.2, -0.15) is 0 Å². The standard InChI is InChI=1S/C11H14FNO3S/c1-3-10(17(2,15)16)11(13-14)8-6-4-5-7-9(8)12/h4-7,10,14H,3H2,1-2H3/b13-11-/t10-/m0/s1. The number of hydrogen-bond donors (Lipinski definition) is 1. The molecule has 1 aromatic rings. The van der Waals surface area contributed by atoms with E-state index in [-0.39, 0.29) is 17.7 Å². The number of halogens is 1. The Kier molecular flexibility index (Phi) is 4.22. The molecule has 0 spiro atoms. The minimum absolute atomic E-state index is 0.00674. The number of benzene rings is 1. The van der Waals surface area contributed by atoms with E-state index in [0.717, 1.165) is 6.26 Å². The van der Waals surface area contributed by atoms with Gasteiger partial charge in [-0.3, -0.25) is 0 Å². The molecule has 0 bridgehead atoms. The number of sulfone groups is 1. The highest BCUT2D eigenvalue weighted by molar-refractivity contribution is 7.92. The molecule has 0 aromatic heterocycles. The van der Waals surface area contributed by atoms with E-state index in [2.05, 4.69) is 5.16 Å².